The van der Waals surface area contributed by atoms with Crippen LogP contribution in [0.4, 0.5) is 0 Å². The fourth-order valence-corrected chi connectivity index (χ4v) is 1.73. The molecule has 0 aromatic heterocycles. The fourth-order valence-electron chi connectivity index (χ4n) is 1.73. The van der Waals surface area contributed by atoms with Gasteiger partial charge < -0.3 is 10.5 Å². The monoisotopic (exact) mass is 163 g/mol. The molecule has 1 spiro atoms. The third-order valence-corrected chi connectivity index (χ3v) is 2.74. The normalized spacial score (nSPS) is 35.1. The van der Waals surface area contributed by atoms with E-state index in [0.717, 1.165) is 13.2 Å². The lowest BCUT2D eigenvalue weighted by molar-refractivity contribution is 0.0559. The molecule has 2 rings (SSSR count). The highest BCUT2D eigenvalue weighted by atomic mass is 35.5. The number of ether oxygens (including phenoxy) is 1. The number of rotatable bonds is 0. The third-order valence-electron chi connectivity index (χ3n) is 2.74. The van der Waals surface area contributed by atoms with Gasteiger partial charge in [-0.05, 0) is 24.7 Å². The van der Waals surface area contributed by atoms with Crippen LogP contribution >= 0.6 is 12.4 Å². The van der Waals surface area contributed by atoms with Gasteiger partial charge >= 0.3 is 0 Å². The molecule has 60 valence electrons. The average Bonchev–Trinajstić information content (AvgIpc) is 2.44. The predicted molar refractivity (Wildman–Crippen MR) is 42.3 cm³/mol. The Morgan fingerprint density at radius 1 is 1.30 bits per heavy atom. The highest BCUT2D eigenvalue weighted by Crippen LogP contribution is 2.51. The molecule has 0 unspecified atom stereocenters. The first-order chi connectivity index (χ1) is 4.33. The van der Waals surface area contributed by atoms with E-state index in [4.69, 9.17) is 10.5 Å². The SMILES string of the molecule is Cl.N[C@@H]1CC12CCOCC2. The Hall–Kier alpha value is 0.210. The molecule has 0 aromatic carbocycles. The van der Waals surface area contributed by atoms with E-state index in [1.165, 1.54) is 19.3 Å². The smallest absolute Gasteiger partial charge is 0.0471 e. The van der Waals surface area contributed by atoms with E-state index in [2.05, 4.69) is 0 Å². The quantitative estimate of drug-likeness (QED) is 0.577. The summed E-state index contributed by atoms with van der Waals surface area (Å²) in [4.78, 5) is 0. The van der Waals surface area contributed by atoms with Crippen LogP contribution in [0.25, 0.3) is 0 Å². The van der Waals surface area contributed by atoms with Gasteiger partial charge in [0, 0.05) is 19.3 Å². The Balaban J connectivity index is 0.000000500. The molecular weight excluding hydrogens is 150 g/mol. The Labute approximate surface area is 67.5 Å². The van der Waals surface area contributed by atoms with Crippen molar-refractivity contribution in [2.75, 3.05) is 13.2 Å². The van der Waals surface area contributed by atoms with Crippen molar-refractivity contribution in [1.29, 1.82) is 0 Å². The van der Waals surface area contributed by atoms with Gasteiger partial charge in [-0.15, -0.1) is 12.4 Å². The van der Waals surface area contributed by atoms with Gasteiger partial charge in [-0.3, -0.25) is 0 Å². The molecule has 1 heterocycles. The molecule has 2 N–H and O–H groups in total. The number of halogens is 1. The molecule has 1 saturated carbocycles. The fraction of sp³-hybridized carbons (Fsp3) is 1.00. The van der Waals surface area contributed by atoms with Crippen LogP contribution in [0.3, 0.4) is 0 Å². The van der Waals surface area contributed by atoms with Gasteiger partial charge in [-0.2, -0.15) is 0 Å². The molecule has 10 heavy (non-hydrogen) atoms. The molecule has 0 radical (unpaired) electrons. The summed E-state index contributed by atoms with van der Waals surface area (Å²) >= 11 is 0. The molecule has 2 nitrogen and oxygen atoms in total. The van der Waals surface area contributed by atoms with Crippen molar-refractivity contribution in [2.45, 2.75) is 25.3 Å². The van der Waals surface area contributed by atoms with Crippen LogP contribution in [-0.4, -0.2) is 19.3 Å². The molecule has 1 aliphatic heterocycles. The Morgan fingerprint density at radius 3 is 2.10 bits per heavy atom. The maximum Gasteiger partial charge on any atom is 0.0471 e. The van der Waals surface area contributed by atoms with Gasteiger partial charge in [0.15, 0.2) is 0 Å². The lowest BCUT2D eigenvalue weighted by Gasteiger charge is -2.21. The number of hydrogen-bond acceptors (Lipinski definition) is 2. The van der Waals surface area contributed by atoms with E-state index < -0.39 is 0 Å². The Kier molecular flexibility index (Phi) is 2.23. The van der Waals surface area contributed by atoms with E-state index in [9.17, 15) is 0 Å². The van der Waals surface area contributed by atoms with Gasteiger partial charge in [0.25, 0.3) is 0 Å². The van der Waals surface area contributed by atoms with Crippen LogP contribution in [0.1, 0.15) is 19.3 Å². The maximum atomic E-state index is 5.78. The van der Waals surface area contributed by atoms with E-state index in [0.29, 0.717) is 11.5 Å². The van der Waals surface area contributed by atoms with Crippen LogP contribution in [0.15, 0.2) is 0 Å². The van der Waals surface area contributed by atoms with Crippen LogP contribution in [0.2, 0.25) is 0 Å². The average molecular weight is 164 g/mol. The van der Waals surface area contributed by atoms with E-state index in [1.807, 2.05) is 0 Å². The highest BCUT2D eigenvalue weighted by Gasteiger charge is 2.51. The molecule has 0 bridgehead atoms. The van der Waals surface area contributed by atoms with Crippen LogP contribution in [0, 0.1) is 5.41 Å². The van der Waals surface area contributed by atoms with Crippen LogP contribution in [-0.2, 0) is 4.74 Å². The summed E-state index contributed by atoms with van der Waals surface area (Å²) in [5.74, 6) is 0. The second-order valence-electron chi connectivity index (χ2n) is 3.29. The summed E-state index contributed by atoms with van der Waals surface area (Å²) in [7, 11) is 0. The molecule has 0 aromatic rings. The topological polar surface area (TPSA) is 35.2 Å². The lowest BCUT2D eigenvalue weighted by Crippen LogP contribution is -2.23. The molecule has 3 heteroatoms. The summed E-state index contributed by atoms with van der Waals surface area (Å²) in [5, 5.41) is 0. The first-order valence-electron chi connectivity index (χ1n) is 3.67. The van der Waals surface area contributed by atoms with Crippen molar-refractivity contribution in [2.24, 2.45) is 11.1 Å². The van der Waals surface area contributed by atoms with Crippen molar-refractivity contribution in [1.82, 2.24) is 0 Å². The summed E-state index contributed by atoms with van der Waals surface area (Å²) in [6.07, 6.45) is 3.65. The standard InChI is InChI=1S/C7H13NO.ClH/c8-6-5-7(6)1-3-9-4-2-7;/h6H,1-5,8H2;1H/t6-;/m1./s1. The molecule has 2 fully saturated rings. The maximum absolute atomic E-state index is 5.78. The Morgan fingerprint density at radius 2 is 1.80 bits per heavy atom. The van der Waals surface area contributed by atoms with Gasteiger partial charge in [0.05, 0.1) is 0 Å². The van der Waals surface area contributed by atoms with Gasteiger partial charge in [0.1, 0.15) is 0 Å². The molecule has 1 aliphatic carbocycles. The van der Waals surface area contributed by atoms with Crippen molar-refractivity contribution >= 4 is 12.4 Å². The van der Waals surface area contributed by atoms with Gasteiger partial charge in [0.2, 0.25) is 0 Å². The van der Waals surface area contributed by atoms with E-state index in [1.54, 1.807) is 0 Å². The predicted octanol–water partition coefficient (Wildman–Crippen LogP) is 0.936. The van der Waals surface area contributed by atoms with E-state index in [-0.39, 0.29) is 12.4 Å². The van der Waals surface area contributed by atoms with E-state index >= 15 is 0 Å². The molecule has 0 amide bonds. The molecule has 2 aliphatic rings. The minimum Gasteiger partial charge on any atom is -0.381 e. The first-order valence-corrected chi connectivity index (χ1v) is 3.67. The summed E-state index contributed by atoms with van der Waals surface area (Å²) < 4.78 is 5.24. The summed E-state index contributed by atoms with van der Waals surface area (Å²) in [5.41, 5.74) is 6.32. The number of hydrogen-bond donors (Lipinski definition) is 1. The van der Waals surface area contributed by atoms with Gasteiger partial charge in [-0.1, -0.05) is 0 Å². The zero-order valence-corrected chi connectivity index (χ0v) is 6.82. The zero-order chi connectivity index (χ0) is 6.32. The van der Waals surface area contributed by atoms with Crippen LogP contribution < -0.4 is 5.73 Å². The van der Waals surface area contributed by atoms with Crippen LogP contribution in [0.5, 0.6) is 0 Å². The van der Waals surface area contributed by atoms with Gasteiger partial charge in [-0.25, -0.2) is 0 Å². The Bertz CT molecular complexity index is 123. The zero-order valence-electron chi connectivity index (χ0n) is 6.01. The minimum atomic E-state index is 0. The van der Waals surface area contributed by atoms with Crippen molar-refractivity contribution in [3.05, 3.63) is 0 Å². The highest BCUT2D eigenvalue weighted by molar-refractivity contribution is 5.85. The second-order valence-corrected chi connectivity index (χ2v) is 3.29. The molecular formula is C7H14ClNO. The van der Waals surface area contributed by atoms with Crippen molar-refractivity contribution in [3.63, 3.8) is 0 Å². The largest absolute Gasteiger partial charge is 0.381 e. The second kappa shape index (κ2) is 2.68. The molecule has 1 atom stereocenters. The minimum absolute atomic E-state index is 0. The number of nitrogens with two attached hydrogens (primary N) is 1. The third kappa shape index (κ3) is 1.16. The van der Waals surface area contributed by atoms with Crippen molar-refractivity contribution < 1.29 is 4.74 Å². The first kappa shape index (κ1) is 8.31. The lowest BCUT2D eigenvalue weighted by atomic mass is 9.96. The summed E-state index contributed by atoms with van der Waals surface area (Å²) in [6.45, 7) is 1.88. The molecule has 1 saturated heterocycles. The van der Waals surface area contributed by atoms with Crippen molar-refractivity contribution in [3.8, 4) is 0 Å². The summed E-state index contributed by atoms with van der Waals surface area (Å²) in [6, 6.07) is 0.501.